The minimum atomic E-state index is 0.549. The molecule has 9 heteroatoms. The van der Waals surface area contributed by atoms with Crippen LogP contribution < -0.4 is 0 Å². The quantitative estimate of drug-likeness (QED) is 0.208. The highest BCUT2D eigenvalue weighted by Crippen LogP contribution is 2.33. The lowest BCUT2D eigenvalue weighted by atomic mass is 10.2. The summed E-state index contributed by atoms with van der Waals surface area (Å²) in [6.45, 7) is 0.549. The van der Waals surface area contributed by atoms with Crippen molar-refractivity contribution in [3.8, 4) is 17.1 Å². The largest absolute Gasteiger partial charge is 0.226 e. The molecular formula is C24H18Br2N6S. The molecular weight excluding hydrogens is 564 g/mol. The van der Waals surface area contributed by atoms with Gasteiger partial charge in [0.25, 0.3) is 0 Å². The summed E-state index contributed by atoms with van der Waals surface area (Å²) in [5.74, 6) is 1.37. The van der Waals surface area contributed by atoms with Crippen LogP contribution in [0.5, 0.6) is 0 Å². The molecule has 0 saturated carbocycles. The predicted molar refractivity (Wildman–Crippen MR) is 137 cm³/mol. The lowest BCUT2D eigenvalue weighted by Gasteiger charge is -2.09. The Morgan fingerprint density at radius 3 is 2.21 bits per heavy atom. The first kappa shape index (κ1) is 22.1. The predicted octanol–water partition coefficient (Wildman–Crippen LogP) is 6.39. The number of rotatable bonds is 7. The van der Waals surface area contributed by atoms with E-state index in [4.69, 9.17) is 0 Å². The van der Waals surface area contributed by atoms with E-state index in [1.807, 2.05) is 65.5 Å². The van der Waals surface area contributed by atoms with E-state index in [1.54, 1.807) is 16.6 Å². The second kappa shape index (κ2) is 10.0. The maximum absolute atomic E-state index is 4.67. The van der Waals surface area contributed by atoms with Gasteiger partial charge in [-0.15, -0.1) is 22.0 Å². The maximum Gasteiger partial charge on any atom is 0.209 e. The van der Waals surface area contributed by atoms with Gasteiger partial charge in [-0.2, -0.15) is 9.90 Å². The van der Waals surface area contributed by atoms with E-state index in [2.05, 4.69) is 76.6 Å². The molecule has 0 aliphatic rings. The van der Waals surface area contributed by atoms with Crippen LogP contribution in [0.1, 0.15) is 11.1 Å². The van der Waals surface area contributed by atoms with E-state index < -0.39 is 0 Å². The molecule has 0 aliphatic carbocycles. The molecule has 0 aliphatic heterocycles. The lowest BCUT2D eigenvalue weighted by Crippen LogP contribution is -2.03. The first-order chi connectivity index (χ1) is 16.2. The fourth-order valence-corrected chi connectivity index (χ4v) is 4.89. The molecule has 0 radical (unpaired) electrons. The summed E-state index contributed by atoms with van der Waals surface area (Å²) in [6.07, 6.45) is 1.82. The highest BCUT2D eigenvalue weighted by Gasteiger charge is 2.19. The average molecular weight is 582 g/mol. The Bertz CT molecular complexity index is 1350. The van der Waals surface area contributed by atoms with Crippen molar-refractivity contribution in [1.82, 2.24) is 30.0 Å². The number of tetrazole rings is 1. The molecule has 5 rings (SSSR count). The Balaban J connectivity index is 1.47. The van der Waals surface area contributed by atoms with Gasteiger partial charge in [0.05, 0.1) is 24.0 Å². The van der Waals surface area contributed by atoms with Crippen LogP contribution in [-0.4, -0.2) is 30.0 Å². The van der Waals surface area contributed by atoms with E-state index in [1.165, 1.54) is 5.56 Å². The van der Waals surface area contributed by atoms with E-state index in [0.717, 1.165) is 36.5 Å². The second-order valence-electron chi connectivity index (χ2n) is 7.30. The molecule has 0 bridgehead atoms. The van der Waals surface area contributed by atoms with Crippen molar-refractivity contribution in [3.63, 3.8) is 0 Å². The number of hydrogen-bond donors (Lipinski definition) is 0. The number of benzene rings is 3. The molecule has 3 aromatic carbocycles. The smallest absolute Gasteiger partial charge is 0.209 e. The van der Waals surface area contributed by atoms with Crippen LogP contribution in [0, 0.1) is 0 Å². The highest BCUT2D eigenvalue weighted by atomic mass is 79.9. The van der Waals surface area contributed by atoms with Gasteiger partial charge in [0.2, 0.25) is 5.82 Å². The molecule has 6 nitrogen and oxygen atoms in total. The van der Waals surface area contributed by atoms with Crippen molar-refractivity contribution >= 4 is 43.6 Å². The summed E-state index contributed by atoms with van der Waals surface area (Å²) in [5, 5.41) is 18.9. The van der Waals surface area contributed by atoms with E-state index in [-0.39, 0.29) is 0 Å². The van der Waals surface area contributed by atoms with Crippen molar-refractivity contribution in [2.45, 2.75) is 17.3 Å². The third-order valence-electron chi connectivity index (χ3n) is 4.95. The Hall–Kier alpha value is -2.75. The van der Waals surface area contributed by atoms with Gasteiger partial charge in [0.15, 0.2) is 0 Å². The molecule has 164 valence electrons. The summed E-state index contributed by atoms with van der Waals surface area (Å²) in [5.41, 5.74) is 4.18. The van der Waals surface area contributed by atoms with Crippen LogP contribution in [-0.2, 0) is 12.3 Å². The van der Waals surface area contributed by atoms with Crippen molar-refractivity contribution in [1.29, 1.82) is 0 Å². The van der Waals surface area contributed by atoms with Gasteiger partial charge in [0, 0.05) is 14.7 Å². The summed E-state index contributed by atoms with van der Waals surface area (Å²) in [4.78, 5) is 1.61. The van der Waals surface area contributed by atoms with Crippen LogP contribution in [0.4, 0.5) is 0 Å². The van der Waals surface area contributed by atoms with Gasteiger partial charge in [-0.05, 0) is 52.7 Å². The van der Waals surface area contributed by atoms with Crippen molar-refractivity contribution in [3.05, 3.63) is 105 Å². The molecule has 0 amide bonds. The molecule has 0 saturated heterocycles. The topological polar surface area (TPSA) is 61.4 Å². The molecule has 0 atom stereocenters. The summed E-state index contributed by atoms with van der Waals surface area (Å²) < 4.78 is 4.00. The minimum absolute atomic E-state index is 0.549. The van der Waals surface area contributed by atoms with Gasteiger partial charge in [0.1, 0.15) is 5.03 Å². The van der Waals surface area contributed by atoms with Crippen LogP contribution in [0.25, 0.3) is 17.1 Å². The number of hydrogen-bond acceptors (Lipinski definition) is 5. The van der Waals surface area contributed by atoms with Crippen LogP contribution >= 0.6 is 43.6 Å². The first-order valence-corrected chi connectivity index (χ1v) is 12.8. The molecule has 2 aromatic heterocycles. The lowest BCUT2D eigenvalue weighted by molar-refractivity contribution is 0.573. The van der Waals surface area contributed by atoms with Crippen LogP contribution in [0.15, 0.2) is 99.0 Å². The van der Waals surface area contributed by atoms with E-state index >= 15 is 0 Å². The normalized spacial score (nSPS) is 11.1. The van der Waals surface area contributed by atoms with Crippen molar-refractivity contribution < 1.29 is 0 Å². The molecule has 33 heavy (non-hydrogen) atoms. The van der Waals surface area contributed by atoms with Crippen LogP contribution in [0.3, 0.4) is 0 Å². The van der Waals surface area contributed by atoms with Gasteiger partial charge in [-0.1, -0.05) is 74.3 Å². The number of thioether (sulfide) groups is 1. The highest BCUT2D eigenvalue weighted by molar-refractivity contribution is 9.10. The molecule has 2 heterocycles. The number of nitrogens with zero attached hydrogens (tertiary/aromatic N) is 6. The van der Waals surface area contributed by atoms with Gasteiger partial charge in [-0.25, -0.2) is 4.68 Å². The third kappa shape index (κ3) is 5.26. The standard InChI is InChI=1S/C24H18Br2N6S/c25-19-8-6-17(7-9-19)15-31-29-23(28-30-31)22-14-27-32(21-12-10-20(26)11-13-21)24(22)33-16-18-4-2-1-3-5-18/h1-14H,15-16H2. The molecule has 0 N–H and O–H groups in total. The fraction of sp³-hybridized carbons (Fsp3) is 0.0833. The minimum Gasteiger partial charge on any atom is -0.226 e. The monoisotopic (exact) mass is 580 g/mol. The summed E-state index contributed by atoms with van der Waals surface area (Å²) in [6, 6.07) is 26.6. The molecule has 0 unspecified atom stereocenters. The van der Waals surface area contributed by atoms with Gasteiger partial charge < -0.3 is 0 Å². The SMILES string of the molecule is Brc1ccc(Cn2nnc(-c3cnn(-c4ccc(Br)cc4)c3SCc3ccccc3)n2)cc1. The van der Waals surface area contributed by atoms with Crippen LogP contribution in [0.2, 0.25) is 0 Å². The van der Waals surface area contributed by atoms with Gasteiger partial charge >= 0.3 is 0 Å². The summed E-state index contributed by atoms with van der Waals surface area (Å²) in [7, 11) is 0. The maximum atomic E-state index is 4.67. The fourth-order valence-electron chi connectivity index (χ4n) is 3.29. The summed E-state index contributed by atoms with van der Waals surface area (Å²) >= 11 is 8.68. The third-order valence-corrected chi connectivity index (χ3v) is 7.15. The zero-order chi connectivity index (χ0) is 22.6. The first-order valence-electron chi connectivity index (χ1n) is 10.2. The zero-order valence-corrected chi connectivity index (χ0v) is 21.3. The Labute approximate surface area is 212 Å². The van der Waals surface area contributed by atoms with Crippen molar-refractivity contribution in [2.24, 2.45) is 0 Å². The second-order valence-corrected chi connectivity index (χ2v) is 10.1. The number of aromatic nitrogens is 6. The molecule has 5 aromatic rings. The number of halogens is 2. The zero-order valence-electron chi connectivity index (χ0n) is 17.3. The Morgan fingerprint density at radius 2 is 1.48 bits per heavy atom. The van der Waals surface area contributed by atoms with E-state index in [9.17, 15) is 0 Å². The average Bonchev–Trinajstić information content (AvgIpc) is 3.47. The Kier molecular flexibility index (Phi) is 6.70. The van der Waals surface area contributed by atoms with Gasteiger partial charge in [-0.3, -0.25) is 0 Å². The van der Waals surface area contributed by atoms with E-state index in [0.29, 0.717) is 12.4 Å². The van der Waals surface area contributed by atoms with Crippen molar-refractivity contribution in [2.75, 3.05) is 0 Å². The molecule has 0 fully saturated rings. The Morgan fingerprint density at radius 1 is 0.788 bits per heavy atom. The molecule has 0 spiro atoms.